The van der Waals surface area contributed by atoms with E-state index in [-0.39, 0.29) is 11.3 Å². The van der Waals surface area contributed by atoms with Crippen molar-refractivity contribution in [2.45, 2.75) is 6.42 Å². The Morgan fingerprint density at radius 1 is 1.47 bits per heavy atom. The molecule has 0 aromatic heterocycles. The molecule has 0 aliphatic carbocycles. The Bertz CT molecular complexity index is 486. The predicted molar refractivity (Wildman–Crippen MR) is 71.2 cm³/mol. The summed E-state index contributed by atoms with van der Waals surface area (Å²) in [6.07, 6.45) is 2.17. The first-order valence-electron chi connectivity index (χ1n) is 5.85. The molecule has 1 amide bonds. The van der Waals surface area contributed by atoms with Gasteiger partial charge in [-0.3, -0.25) is 4.79 Å². The number of benzene rings is 1. The van der Waals surface area contributed by atoms with Crippen molar-refractivity contribution in [3.05, 3.63) is 35.4 Å². The first kappa shape index (κ1) is 14.7. The van der Waals surface area contributed by atoms with Gasteiger partial charge in [0.25, 0.3) is 5.91 Å². The van der Waals surface area contributed by atoms with Crippen molar-refractivity contribution >= 4 is 12.0 Å². The summed E-state index contributed by atoms with van der Waals surface area (Å²) in [7, 11) is 1.59. The molecule has 100 valence electrons. The summed E-state index contributed by atoms with van der Waals surface area (Å²) in [6.45, 7) is 1.02. The maximum atomic E-state index is 11.7. The molecular weight excluding hydrogens is 244 g/mol. The number of nitrogens with one attached hydrogen (secondary N) is 1. The zero-order valence-electron chi connectivity index (χ0n) is 10.7. The van der Waals surface area contributed by atoms with Crippen molar-refractivity contribution < 1.29 is 14.6 Å². The molecule has 0 fully saturated rings. The number of carbonyl (C=O) groups excluding carboxylic acids is 1. The monoisotopic (exact) mass is 260 g/mol. The van der Waals surface area contributed by atoms with Crippen molar-refractivity contribution in [3.63, 3.8) is 0 Å². The van der Waals surface area contributed by atoms with Gasteiger partial charge in [0.15, 0.2) is 0 Å². The highest BCUT2D eigenvalue weighted by Crippen LogP contribution is 2.12. The lowest BCUT2D eigenvalue weighted by Gasteiger charge is -2.03. The maximum Gasteiger partial charge on any atom is 0.261 e. The number of nitriles is 1. The highest BCUT2D eigenvalue weighted by atomic mass is 16.5. The molecule has 19 heavy (non-hydrogen) atoms. The average molecular weight is 260 g/mol. The van der Waals surface area contributed by atoms with E-state index in [1.54, 1.807) is 19.2 Å². The Balaban J connectivity index is 2.64. The van der Waals surface area contributed by atoms with Gasteiger partial charge < -0.3 is 15.2 Å². The van der Waals surface area contributed by atoms with Crippen LogP contribution in [0.15, 0.2) is 29.8 Å². The molecular formula is C14H16N2O3. The van der Waals surface area contributed by atoms with Gasteiger partial charge in [0.2, 0.25) is 0 Å². The van der Waals surface area contributed by atoms with Crippen LogP contribution in [0.3, 0.4) is 0 Å². The predicted octanol–water partition coefficient (Wildman–Crippen LogP) is 1.45. The van der Waals surface area contributed by atoms with Gasteiger partial charge in [0, 0.05) is 20.3 Å². The standard InChI is InChI=1S/C14H16N2O3/c1-19-8-2-7-16-14(18)12(10-15)9-11-3-5-13(17)6-4-11/h3-6,9,17H,2,7-8H2,1H3,(H,16,18). The number of hydrogen-bond acceptors (Lipinski definition) is 4. The summed E-state index contributed by atoms with van der Waals surface area (Å²) in [6, 6.07) is 8.12. The van der Waals surface area contributed by atoms with Crippen LogP contribution < -0.4 is 5.32 Å². The summed E-state index contributed by atoms with van der Waals surface area (Å²) in [5.41, 5.74) is 0.712. The lowest BCUT2D eigenvalue weighted by Crippen LogP contribution is -2.26. The fourth-order valence-corrected chi connectivity index (χ4v) is 1.40. The summed E-state index contributed by atoms with van der Waals surface area (Å²) in [4.78, 5) is 11.7. The number of amides is 1. The van der Waals surface area contributed by atoms with Crippen LogP contribution in [0.4, 0.5) is 0 Å². The van der Waals surface area contributed by atoms with Crippen LogP contribution in [0.2, 0.25) is 0 Å². The van der Waals surface area contributed by atoms with Gasteiger partial charge >= 0.3 is 0 Å². The molecule has 0 spiro atoms. The van der Waals surface area contributed by atoms with E-state index in [0.29, 0.717) is 25.1 Å². The summed E-state index contributed by atoms with van der Waals surface area (Å²) < 4.78 is 4.86. The molecule has 0 saturated carbocycles. The van der Waals surface area contributed by atoms with Crippen molar-refractivity contribution in [1.29, 1.82) is 5.26 Å². The van der Waals surface area contributed by atoms with E-state index in [2.05, 4.69) is 5.32 Å². The van der Waals surface area contributed by atoms with E-state index in [9.17, 15) is 4.79 Å². The third kappa shape index (κ3) is 5.23. The molecule has 0 heterocycles. The Kier molecular flexibility index (Phi) is 6.13. The van der Waals surface area contributed by atoms with Gasteiger partial charge in [0.05, 0.1) is 0 Å². The topological polar surface area (TPSA) is 82.3 Å². The summed E-state index contributed by atoms with van der Waals surface area (Å²) in [5, 5.41) is 20.7. The number of aromatic hydroxyl groups is 1. The fourth-order valence-electron chi connectivity index (χ4n) is 1.40. The molecule has 1 rings (SSSR count). The van der Waals surface area contributed by atoms with Gasteiger partial charge in [-0.05, 0) is 30.2 Å². The van der Waals surface area contributed by atoms with Crippen LogP contribution in [0.1, 0.15) is 12.0 Å². The molecule has 0 unspecified atom stereocenters. The van der Waals surface area contributed by atoms with E-state index in [4.69, 9.17) is 15.1 Å². The van der Waals surface area contributed by atoms with Gasteiger partial charge in [-0.25, -0.2) is 0 Å². The SMILES string of the molecule is COCCCNC(=O)C(C#N)=Cc1ccc(O)cc1. The van der Waals surface area contributed by atoms with Crippen LogP contribution in [0.5, 0.6) is 5.75 Å². The van der Waals surface area contributed by atoms with E-state index in [0.717, 1.165) is 0 Å². The van der Waals surface area contributed by atoms with Crippen molar-refractivity contribution in [2.24, 2.45) is 0 Å². The molecule has 5 nitrogen and oxygen atoms in total. The van der Waals surface area contributed by atoms with Crippen LogP contribution in [-0.2, 0) is 9.53 Å². The largest absolute Gasteiger partial charge is 0.508 e. The minimum Gasteiger partial charge on any atom is -0.508 e. The van der Waals surface area contributed by atoms with Gasteiger partial charge in [0.1, 0.15) is 17.4 Å². The Morgan fingerprint density at radius 3 is 2.74 bits per heavy atom. The minimum absolute atomic E-state index is 0.0307. The molecule has 0 radical (unpaired) electrons. The quantitative estimate of drug-likeness (QED) is 0.461. The lowest BCUT2D eigenvalue weighted by atomic mass is 10.1. The summed E-state index contributed by atoms with van der Waals surface area (Å²) in [5.74, 6) is -0.272. The van der Waals surface area contributed by atoms with Crippen LogP contribution in [-0.4, -0.2) is 31.3 Å². The number of hydrogen-bond donors (Lipinski definition) is 2. The molecule has 0 aliphatic rings. The Labute approximate surface area is 112 Å². The Hall–Kier alpha value is -2.32. The second-order valence-corrected chi connectivity index (χ2v) is 3.86. The van der Waals surface area contributed by atoms with Crippen molar-refractivity contribution in [3.8, 4) is 11.8 Å². The minimum atomic E-state index is -0.410. The third-order valence-electron chi connectivity index (χ3n) is 2.38. The summed E-state index contributed by atoms with van der Waals surface area (Å²) >= 11 is 0. The third-order valence-corrected chi connectivity index (χ3v) is 2.38. The van der Waals surface area contributed by atoms with Crippen molar-refractivity contribution in [2.75, 3.05) is 20.3 Å². The highest BCUT2D eigenvalue weighted by molar-refractivity contribution is 6.01. The number of rotatable bonds is 6. The molecule has 0 bridgehead atoms. The molecule has 1 aromatic carbocycles. The highest BCUT2D eigenvalue weighted by Gasteiger charge is 2.07. The number of phenols is 1. The maximum absolute atomic E-state index is 11.7. The first-order valence-corrected chi connectivity index (χ1v) is 5.85. The van der Waals surface area contributed by atoms with E-state index < -0.39 is 5.91 Å². The molecule has 0 atom stereocenters. The average Bonchev–Trinajstić information content (AvgIpc) is 2.42. The molecule has 5 heteroatoms. The molecule has 1 aromatic rings. The lowest BCUT2D eigenvalue weighted by molar-refractivity contribution is -0.117. The second-order valence-electron chi connectivity index (χ2n) is 3.86. The van der Waals surface area contributed by atoms with E-state index >= 15 is 0 Å². The smallest absolute Gasteiger partial charge is 0.261 e. The zero-order valence-corrected chi connectivity index (χ0v) is 10.7. The Morgan fingerprint density at radius 2 is 2.16 bits per heavy atom. The second kappa shape index (κ2) is 7.90. The van der Waals surface area contributed by atoms with E-state index in [1.807, 2.05) is 6.07 Å². The number of methoxy groups -OCH3 is 1. The molecule has 2 N–H and O–H groups in total. The number of nitrogens with zero attached hydrogens (tertiary/aromatic N) is 1. The fraction of sp³-hybridized carbons (Fsp3) is 0.286. The van der Waals surface area contributed by atoms with Crippen molar-refractivity contribution in [1.82, 2.24) is 5.32 Å². The van der Waals surface area contributed by atoms with Crippen LogP contribution in [0.25, 0.3) is 6.08 Å². The molecule has 0 aliphatic heterocycles. The normalized spacial score (nSPS) is 10.8. The zero-order chi connectivity index (χ0) is 14.1. The van der Waals surface area contributed by atoms with Crippen LogP contribution >= 0.6 is 0 Å². The number of ether oxygens (including phenoxy) is 1. The van der Waals surface area contributed by atoms with Gasteiger partial charge in [-0.1, -0.05) is 12.1 Å². The number of phenolic OH excluding ortho intramolecular Hbond substituents is 1. The van der Waals surface area contributed by atoms with Crippen LogP contribution in [0, 0.1) is 11.3 Å². The molecule has 0 saturated heterocycles. The van der Waals surface area contributed by atoms with Gasteiger partial charge in [-0.15, -0.1) is 0 Å². The first-order chi connectivity index (χ1) is 9.17. The van der Waals surface area contributed by atoms with Gasteiger partial charge in [-0.2, -0.15) is 5.26 Å². The van der Waals surface area contributed by atoms with E-state index in [1.165, 1.54) is 18.2 Å². The number of carbonyl (C=O) groups is 1.